The average Bonchev–Trinajstić information content (AvgIpc) is 2.56. The Morgan fingerprint density at radius 3 is 0.763 bits per heavy atom. The standard InChI is InChI=1S/C74H144O17P2/c1-9-66(7)52-44-36-27-21-17-13-11-12-14-18-22-30-40-48-56-73(78)91-70(61-85-72(77)55-47-39-33-32-35-43-51-65(5)6)63-89-93(82,83)87-59-68(75)58-86-92(80,81)88-62-69(60-84-71(76)54-46-38-29-25-24-28-37-45-53-67(8)10-2)90-74(79)57-49-41-31-23-19-15-16-20-26-34-42-50-64(3)4/h64-70,75H,9-63H2,1-8H3,(H,80,81)(H,82,83)/t66?,67?,68-,69-,70-/m1/s1. The minimum absolute atomic E-state index is 0.105. The zero-order valence-electron chi connectivity index (χ0n) is 60.9. The Bertz CT molecular complexity index is 1840. The van der Waals surface area contributed by atoms with Crippen molar-refractivity contribution in [2.45, 2.75) is 388 Å². The first-order chi connectivity index (χ1) is 44.7. The third kappa shape index (κ3) is 65.8. The van der Waals surface area contributed by atoms with Gasteiger partial charge in [-0.25, -0.2) is 9.13 Å². The molecule has 0 rings (SSSR count). The predicted molar refractivity (Wildman–Crippen MR) is 377 cm³/mol. The summed E-state index contributed by atoms with van der Waals surface area (Å²) >= 11 is 0. The van der Waals surface area contributed by atoms with Gasteiger partial charge in [0.05, 0.1) is 26.4 Å². The fourth-order valence-corrected chi connectivity index (χ4v) is 12.7. The van der Waals surface area contributed by atoms with Crippen molar-refractivity contribution < 1.29 is 80.2 Å². The highest BCUT2D eigenvalue weighted by Crippen LogP contribution is 2.45. The zero-order chi connectivity index (χ0) is 68.9. The average molecular weight is 1370 g/mol. The number of aliphatic hydroxyl groups is 1. The molecule has 0 aliphatic heterocycles. The summed E-state index contributed by atoms with van der Waals surface area (Å²) in [5, 5.41) is 10.6. The van der Waals surface area contributed by atoms with Gasteiger partial charge in [0.25, 0.3) is 0 Å². The summed E-state index contributed by atoms with van der Waals surface area (Å²) in [6, 6.07) is 0. The van der Waals surface area contributed by atoms with Gasteiger partial charge in [0, 0.05) is 25.7 Å². The Labute approximate surface area is 568 Å². The Morgan fingerprint density at radius 1 is 0.301 bits per heavy atom. The van der Waals surface area contributed by atoms with Gasteiger partial charge in [-0.2, -0.15) is 0 Å². The van der Waals surface area contributed by atoms with Crippen LogP contribution < -0.4 is 0 Å². The molecule has 552 valence electrons. The molecule has 19 heteroatoms. The smallest absolute Gasteiger partial charge is 0.462 e. The highest BCUT2D eigenvalue weighted by atomic mass is 31.2. The van der Waals surface area contributed by atoms with Crippen LogP contribution in [0.3, 0.4) is 0 Å². The van der Waals surface area contributed by atoms with Crippen molar-refractivity contribution in [2.24, 2.45) is 23.7 Å². The zero-order valence-corrected chi connectivity index (χ0v) is 62.7. The summed E-state index contributed by atoms with van der Waals surface area (Å²) < 4.78 is 68.4. The number of phosphoric acid groups is 2. The number of carbonyl (C=O) groups excluding carboxylic acids is 4. The molecular formula is C74H144O17P2. The molecule has 0 heterocycles. The normalized spacial score (nSPS) is 14.8. The summed E-state index contributed by atoms with van der Waals surface area (Å²) in [5.74, 6) is 0.942. The molecule has 3 N–H and O–H groups in total. The highest BCUT2D eigenvalue weighted by molar-refractivity contribution is 7.47. The van der Waals surface area contributed by atoms with Crippen LogP contribution in [-0.2, 0) is 65.4 Å². The van der Waals surface area contributed by atoms with Gasteiger partial charge >= 0.3 is 39.5 Å². The number of rotatable bonds is 71. The first-order valence-electron chi connectivity index (χ1n) is 38.3. The number of hydrogen-bond donors (Lipinski definition) is 3. The monoisotopic (exact) mass is 1370 g/mol. The van der Waals surface area contributed by atoms with Crippen LogP contribution in [0.25, 0.3) is 0 Å². The molecule has 0 fully saturated rings. The lowest BCUT2D eigenvalue weighted by Crippen LogP contribution is -2.30. The second-order valence-electron chi connectivity index (χ2n) is 28.1. The van der Waals surface area contributed by atoms with Crippen molar-refractivity contribution >= 4 is 39.5 Å². The number of ether oxygens (including phenoxy) is 4. The van der Waals surface area contributed by atoms with E-state index in [0.717, 1.165) is 114 Å². The van der Waals surface area contributed by atoms with Crippen LogP contribution in [0.2, 0.25) is 0 Å². The molecule has 0 bridgehead atoms. The summed E-state index contributed by atoms with van der Waals surface area (Å²) in [6.07, 6.45) is 47.2. The first-order valence-corrected chi connectivity index (χ1v) is 41.3. The Kier molecular flexibility index (Phi) is 62.2. The Morgan fingerprint density at radius 2 is 0.516 bits per heavy atom. The van der Waals surface area contributed by atoms with Crippen molar-refractivity contribution in [3.63, 3.8) is 0 Å². The second-order valence-corrected chi connectivity index (χ2v) is 31.0. The molecule has 0 aromatic carbocycles. The Balaban J connectivity index is 5.23. The molecule has 0 aromatic rings. The fraction of sp³-hybridized carbons (Fsp3) is 0.946. The first kappa shape index (κ1) is 91.1. The van der Waals surface area contributed by atoms with Gasteiger partial charge in [-0.05, 0) is 49.4 Å². The van der Waals surface area contributed by atoms with Gasteiger partial charge in [-0.1, -0.05) is 319 Å². The number of carbonyl (C=O) groups is 4. The molecule has 17 nitrogen and oxygen atoms in total. The quantitative estimate of drug-likeness (QED) is 0.0222. The predicted octanol–water partition coefficient (Wildman–Crippen LogP) is 21.3. The highest BCUT2D eigenvalue weighted by Gasteiger charge is 2.30. The van der Waals surface area contributed by atoms with E-state index in [0.29, 0.717) is 31.6 Å². The SMILES string of the molecule is CCC(C)CCCCCCCCCCCCCCCCC(=O)O[C@H](COC(=O)CCCCCCCCC(C)C)COP(=O)(O)OC[C@H](O)COP(=O)(O)OC[C@@H](COC(=O)CCCCCCCCCCC(C)CC)OC(=O)CCCCCCCCCCCCCC(C)C. The van der Waals surface area contributed by atoms with Gasteiger partial charge in [0.15, 0.2) is 12.2 Å². The van der Waals surface area contributed by atoms with Crippen LogP contribution >= 0.6 is 15.6 Å². The van der Waals surface area contributed by atoms with E-state index < -0.39 is 97.5 Å². The van der Waals surface area contributed by atoms with E-state index in [1.54, 1.807) is 0 Å². The van der Waals surface area contributed by atoms with E-state index >= 15 is 0 Å². The van der Waals surface area contributed by atoms with E-state index in [4.69, 9.17) is 37.0 Å². The molecule has 0 aromatic heterocycles. The lowest BCUT2D eigenvalue weighted by molar-refractivity contribution is -0.161. The van der Waals surface area contributed by atoms with Crippen molar-refractivity contribution in [1.82, 2.24) is 0 Å². The molecule has 0 radical (unpaired) electrons. The van der Waals surface area contributed by atoms with Crippen molar-refractivity contribution in [3.8, 4) is 0 Å². The molecule has 0 saturated carbocycles. The maximum atomic E-state index is 13.0. The molecule has 4 unspecified atom stereocenters. The van der Waals surface area contributed by atoms with Crippen LogP contribution in [0, 0.1) is 23.7 Å². The fourth-order valence-electron chi connectivity index (χ4n) is 11.1. The number of aliphatic hydroxyl groups excluding tert-OH is 1. The lowest BCUT2D eigenvalue weighted by atomic mass is 9.99. The van der Waals surface area contributed by atoms with E-state index in [9.17, 15) is 43.2 Å². The van der Waals surface area contributed by atoms with Gasteiger partial charge < -0.3 is 33.8 Å². The summed E-state index contributed by atoms with van der Waals surface area (Å²) in [6.45, 7) is 14.2. The Hall–Kier alpha value is -1.94. The minimum atomic E-state index is -4.95. The van der Waals surface area contributed by atoms with Gasteiger partial charge in [0.1, 0.15) is 19.3 Å². The maximum Gasteiger partial charge on any atom is 0.472 e. The van der Waals surface area contributed by atoms with E-state index in [2.05, 4.69) is 55.4 Å². The van der Waals surface area contributed by atoms with Gasteiger partial charge in [0.2, 0.25) is 0 Å². The molecule has 7 atom stereocenters. The topological polar surface area (TPSA) is 237 Å². The molecule has 0 spiro atoms. The van der Waals surface area contributed by atoms with Gasteiger partial charge in [-0.3, -0.25) is 37.3 Å². The summed E-state index contributed by atoms with van der Waals surface area (Å²) in [5.41, 5.74) is 0. The van der Waals surface area contributed by atoms with Gasteiger partial charge in [-0.15, -0.1) is 0 Å². The van der Waals surface area contributed by atoms with E-state index in [1.807, 2.05) is 0 Å². The van der Waals surface area contributed by atoms with E-state index in [1.165, 1.54) is 167 Å². The molecule has 0 aliphatic carbocycles. The molecule has 0 saturated heterocycles. The second kappa shape index (κ2) is 63.5. The molecule has 0 aliphatic rings. The summed E-state index contributed by atoms with van der Waals surface area (Å²) in [7, 11) is -9.91. The van der Waals surface area contributed by atoms with Crippen molar-refractivity contribution in [3.05, 3.63) is 0 Å². The molecule has 0 amide bonds. The number of esters is 4. The van der Waals surface area contributed by atoms with Crippen LogP contribution in [0.1, 0.15) is 370 Å². The van der Waals surface area contributed by atoms with Crippen LogP contribution in [0.4, 0.5) is 0 Å². The number of phosphoric ester groups is 2. The third-order valence-electron chi connectivity index (χ3n) is 17.8. The van der Waals surface area contributed by atoms with E-state index in [-0.39, 0.29) is 25.7 Å². The van der Waals surface area contributed by atoms with Crippen LogP contribution in [-0.4, -0.2) is 96.7 Å². The number of unbranched alkanes of at least 4 members (excludes halogenated alkanes) is 35. The third-order valence-corrected chi connectivity index (χ3v) is 19.7. The van der Waals surface area contributed by atoms with Crippen molar-refractivity contribution in [1.29, 1.82) is 0 Å². The molecule has 93 heavy (non-hydrogen) atoms. The summed E-state index contributed by atoms with van der Waals surface area (Å²) in [4.78, 5) is 72.7. The minimum Gasteiger partial charge on any atom is -0.462 e. The molecular weight excluding hydrogens is 1220 g/mol. The lowest BCUT2D eigenvalue weighted by Gasteiger charge is -2.21. The van der Waals surface area contributed by atoms with Crippen LogP contribution in [0.5, 0.6) is 0 Å². The number of hydrogen-bond acceptors (Lipinski definition) is 15. The maximum absolute atomic E-state index is 13.0. The van der Waals surface area contributed by atoms with Crippen LogP contribution in [0.15, 0.2) is 0 Å². The largest absolute Gasteiger partial charge is 0.472 e. The van der Waals surface area contributed by atoms with Crippen molar-refractivity contribution in [2.75, 3.05) is 39.6 Å².